The second-order valence-electron chi connectivity index (χ2n) is 3.54. The number of thioether (sulfide) groups is 1. The second-order valence-corrected chi connectivity index (χ2v) is 4.97. The van der Waals surface area contributed by atoms with Crippen LogP contribution in [0.1, 0.15) is 11.1 Å². The Labute approximate surface area is 113 Å². The molecule has 2 nitrogen and oxygen atoms in total. The fourth-order valence-corrected chi connectivity index (χ4v) is 1.88. The molecule has 100 valence electrons. The molecule has 0 saturated heterocycles. The van der Waals surface area contributed by atoms with E-state index in [0.717, 1.165) is 11.8 Å². The summed E-state index contributed by atoms with van der Waals surface area (Å²) in [7, 11) is 0. The zero-order valence-electron chi connectivity index (χ0n) is 9.67. The molecule has 0 aliphatic carbocycles. The van der Waals surface area contributed by atoms with Gasteiger partial charge in [0.25, 0.3) is 0 Å². The summed E-state index contributed by atoms with van der Waals surface area (Å²) >= 11 is 6.31. The highest BCUT2D eigenvalue weighted by Gasteiger charge is 2.33. The van der Waals surface area contributed by atoms with E-state index in [4.69, 9.17) is 5.73 Å². The number of halogens is 3. The van der Waals surface area contributed by atoms with Gasteiger partial charge in [0.15, 0.2) is 0 Å². The molecule has 1 aromatic carbocycles. The molecule has 0 unspecified atom stereocenters. The lowest BCUT2D eigenvalue weighted by Gasteiger charge is -2.14. The van der Waals surface area contributed by atoms with E-state index in [0.29, 0.717) is 12.2 Å². The third-order valence-corrected chi connectivity index (χ3v) is 3.06. The molecule has 0 spiro atoms. The number of alkyl halides is 3. The van der Waals surface area contributed by atoms with Crippen LogP contribution < -0.4 is 11.1 Å². The molecular weight excluding hydrogens is 281 g/mol. The minimum absolute atomic E-state index is 0.147. The van der Waals surface area contributed by atoms with Gasteiger partial charge in [-0.3, -0.25) is 0 Å². The van der Waals surface area contributed by atoms with Crippen molar-refractivity contribution in [3.05, 3.63) is 29.3 Å². The molecule has 1 rings (SSSR count). The highest BCUT2D eigenvalue weighted by Crippen LogP contribution is 2.33. The molecule has 0 saturated carbocycles. The first kappa shape index (κ1) is 15.1. The SMILES string of the molecule is CSCCNc1ccc(C(F)(F)F)c(C(N)=S)c1. The van der Waals surface area contributed by atoms with Crippen LogP contribution in [-0.4, -0.2) is 23.5 Å². The van der Waals surface area contributed by atoms with E-state index in [-0.39, 0.29) is 10.6 Å². The molecule has 0 aromatic heterocycles. The van der Waals surface area contributed by atoms with Gasteiger partial charge in [-0.15, -0.1) is 0 Å². The fraction of sp³-hybridized carbons (Fsp3) is 0.364. The largest absolute Gasteiger partial charge is 0.417 e. The van der Waals surface area contributed by atoms with Gasteiger partial charge in [0.1, 0.15) is 4.99 Å². The first-order valence-corrected chi connectivity index (χ1v) is 6.90. The van der Waals surface area contributed by atoms with E-state index < -0.39 is 11.7 Å². The van der Waals surface area contributed by atoms with Crippen LogP contribution in [0.2, 0.25) is 0 Å². The van der Waals surface area contributed by atoms with Crippen molar-refractivity contribution in [1.29, 1.82) is 0 Å². The maximum absolute atomic E-state index is 12.7. The van der Waals surface area contributed by atoms with Crippen LogP contribution >= 0.6 is 24.0 Å². The van der Waals surface area contributed by atoms with Crippen molar-refractivity contribution in [2.24, 2.45) is 5.73 Å². The summed E-state index contributed by atoms with van der Waals surface area (Å²) in [6.45, 7) is 0.670. The lowest BCUT2D eigenvalue weighted by atomic mass is 10.1. The zero-order chi connectivity index (χ0) is 13.8. The van der Waals surface area contributed by atoms with E-state index in [2.05, 4.69) is 17.5 Å². The van der Waals surface area contributed by atoms with Crippen molar-refractivity contribution in [2.75, 3.05) is 23.9 Å². The van der Waals surface area contributed by atoms with Crippen molar-refractivity contribution in [3.8, 4) is 0 Å². The number of nitrogens with one attached hydrogen (secondary N) is 1. The standard InChI is InChI=1S/C11H13F3N2S2/c1-18-5-4-16-7-2-3-9(11(12,13)14)8(6-7)10(15)17/h2-3,6,16H,4-5H2,1H3,(H2,15,17). The molecule has 0 aliphatic rings. The summed E-state index contributed by atoms with van der Waals surface area (Å²) < 4.78 is 38.1. The lowest BCUT2D eigenvalue weighted by Crippen LogP contribution is -2.18. The van der Waals surface area contributed by atoms with Gasteiger partial charge in [-0.2, -0.15) is 24.9 Å². The second kappa shape index (κ2) is 6.29. The fourth-order valence-electron chi connectivity index (χ4n) is 1.40. The molecule has 0 aliphatic heterocycles. The summed E-state index contributed by atoms with van der Waals surface area (Å²) in [5.41, 5.74) is 4.97. The molecule has 7 heteroatoms. The van der Waals surface area contributed by atoms with Gasteiger partial charge in [-0.05, 0) is 24.5 Å². The van der Waals surface area contributed by atoms with E-state index in [1.54, 1.807) is 11.8 Å². The number of hydrogen-bond acceptors (Lipinski definition) is 3. The highest BCUT2D eigenvalue weighted by atomic mass is 32.2. The normalized spacial score (nSPS) is 11.3. The molecular formula is C11H13F3N2S2. The molecule has 0 fully saturated rings. The van der Waals surface area contributed by atoms with Gasteiger partial charge in [-0.25, -0.2) is 0 Å². The van der Waals surface area contributed by atoms with Crippen molar-refractivity contribution in [1.82, 2.24) is 0 Å². The number of nitrogens with two attached hydrogens (primary N) is 1. The quantitative estimate of drug-likeness (QED) is 0.646. The summed E-state index contributed by atoms with van der Waals surface area (Å²) in [4.78, 5) is -0.254. The van der Waals surface area contributed by atoms with Crippen LogP contribution in [-0.2, 0) is 6.18 Å². The van der Waals surface area contributed by atoms with Crippen molar-refractivity contribution in [3.63, 3.8) is 0 Å². The molecule has 0 heterocycles. The minimum Gasteiger partial charge on any atom is -0.389 e. The topological polar surface area (TPSA) is 38.0 Å². The Morgan fingerprint density at radius 1 is 1.44 bits per heavy atom. The predicted molar refractivity (Wildman–Crippen MR) is 74.2 cm³/mol. The molecule has 3 N–H and O–H groups in total. The number of benzene rings is 1. The number of thiocarbonyl (C=S) groups is 1. The van der Waals surface area contributed by atoms with Gasteiger partial charge in [0.05, 0.1) is 5.56 Å². The summed E-state index contributed by atoms with van der Waals surface area (Å²) in [6, 6.07) is 3.71. The smallest absolute Gasteiger partial charge is 0.389 e. The molecule has 0 amide bonds. The maximum atomic E-state index is 12.7. The van der Waals surface area contributed by atoms with Gasteiger partial charge >= 0.3 is 6.18 Å². The summed E-state index contributed by atoms with van der Waals surface area (Å²) in [6.07, 6.45) is -2.49. The van der Waals surface area contributed by atoms with Crippen molar-refractivity contribution >= 4 is 34.7 Å². The number of anilines is 1. The van der Waals surface area contributed by atoms with Crippen LogP contribution in [0.15, 0.2) is 18.2 Å². The lowest BCUT2D eigenvalue weighted by molar-refractivity contribution is -0.137. The first-order valence-electron chi connectivity index (χ1n) is 5.10. The van der Waals surface area contributed by atoms with Gasteiger partial charge < -0.3 is 11.1 Å². The Kier molecular flexibility index (Phi) is 5.28. The summed E-state index contributed by atoms with van der Waals surface area (Å²) in [5.74, 6) is 0.865. The van der Waals surface area contributed by atoms with Crippen molar-refractivity contribution < 1.29 is 13.2 Å². The average molecular weight is 294 g/mol. The maximum Gasteiger partial charge on any atom is 0.417 e. The highest BCUT2D eigenvalue weighted by molar-refractivity contribution is 7.98. The van der Waals surface area contributed by atoms with Crippen LogP contribution in [0.4, 0.5) is 18.9 Å². The van der Waals surface area contributed by atoms with E-state index in [9.17, 15) is 13.2 Å². The Hall–Kier alpha value is -0.950. The molecule has 0 radical (unpaired) electrons. The number of hydrogen-bond donors (Lipinski definition) is 2. The van der Waals surface area contributed by atoms with Gasteiger partial charge in [-0.1, -0.05) is 12.2 Å². The van der Waals surface area contributed by atoms with Crippen LogP contribution in [0.5, 0.6) is 0 Å². The Morgan fingerprint density at radius 2 is 2.11 bits per heavy atom. The minimum atomic E-state index is -4.45. The average Bonchev–Trinajstić information content (AvgIpc) is 2.27. The zero-order valence-corrected chi connectivity index (χ0v) is 11.3. The third-order valence-electron chi connectivity index (χ3n) is 2.23. The van der Waals surface area contributed by atoms with E-state index in [1.807, 2.05) is 6.26 Å². The Bertz CT molecular complexity index is 433. The molecule has 1 aromatic rings. The third kappa shape index (κ3) is 4.06. The molecule has 18 heavy (non-hydrogen) atoms. The summed E-state index contributed by atoms with van der Waals surface area (Å²) in [5, 5.41) is 3.02. The van der Waals surface area contributed by atoms with Crippen LogP contribution in [0, 0.1) is 0 Å². The van der Waals surface area contributed by atoms with E-state index in [1.165, 1.54) is 12.1 Å². The van der Waals surface area contributed by atoms with Gasteiger partial charge in [0.2, 0.25) is 0 Å². The van der Waals surface area contributed by atoms with E-state index >= 15 is 0 Å². The monoisotopic (exact) mass is 294 g/mol. The number of rotatable bonds is 5. The Balaban J connectivity index is 3.01. The van der Waals surface area contributed by atoms with Crippen LogP contribution in [0.3, 0.4) is 0 Å². The Morgan fingerprint density at radius 3 is 2.61 bits per heavy atom. The molecule has 0 atom stereocenters. The predicted octanol–water partition coefficient (Wildman–Crippen LogP) is 3.11. The van der Waals surface area contributed by atoms with Crippen molar-refractivity contribution in [2.45, 2.75) is 6.18 Å². The van der Waals surface area contributed by atoms with Crippen LogP contribution in [0.25, 0.3) is 0 Å². The molecule has 0 bridgehead atoms. The van der Waals surface area contributed by atoms with Gasteiger partial charge in [0, 0.05) is 23.5 Å². The first-order chi connectivity index (χ1) is 8.36.